The predicted octanol–water partition coefficient (Wildman–Crippen LogP) is 2.93. The zero-order chi connectivity index (χ0) is 9.02. The second kappa shape index (κ2) is 4.35. The standard InChI is InChI=1S/C10H18O/c1-7(2)9(5)11-10(6)8(3)4/h9-10H,1,3H2,2,4-6H3. The van der Waals surface area contributed by atoms with Crippen LogP contribution in [0.25, 0.3) is 0 Å². The summed E-state index contributed by atoms with van der Waals surface area (Å²) in [5, 5.41) is 0. The molecule has 0 aromatic rings. The predicted molar refractivity (Wildman–Crippen MR) is 49.6 cm³/mol. The van der Waals surface area contributed by atoms with Crippen LogP contribution in [0.4, 0.5) is 0 Å². The van der Waals surface area contributed by atoms with Gasteiger partial charge in [-0.25, -0.2) is 0 Å². The van der Waals surface area contributed by atoms with E-state index in [-0.39, 0.29) is 12.2 Å². The highest BCUT2D eigenvalue weighted by Crippen LogP contribution is 2.10. The van der Waals surface area contributed by atoms with E-state index in [9.17, 15) is 0 Å². The van der Waals surface area contributed by atoms with Crippen LogP contribution in [0, 0.1) is 0 Å². The highest BCUT2D eigenvalue weighted by molar-refractivity contribution is 5.00. The van der Waals surface area contributed by atoms with Crippen LogP contribution in [-0.2, 0) is 4.74 Å². The Hall–Kier alpha value is -0.560. The van der Waals surface area contributed by atoms with Gasteiger partial charge in [-0.2, -0.15) is 0 Å². The third-order valence-corrected chi connectivity index (χ3v) is 1.80. The molecule has 0 saturated heterocycles. The molecule has 0 aliphatic carbocycles. The second-order valence-corrected chi connectivity index (χ2v) is 3.11. The first-order valence-corrected chi connectivity index (χ1v) is 3.91. The molecule has 0 N–H and O–H groups in total. The molecule has 0 saturated carbocycles. The summed E-state index contributed by atoms with van der Waals surface area (Å²) in [4.78, 5) is 0. The molecule has 0 fully saturated rings. The van der Waals surface area contributed by atoms with Crippen LogP contribution in [0.3, 0.4) is 0 Å². The van der Waals surface area contributed by atoms with E-state index < -0.39 is 0 Å². The first kappa shape index (κ1) is 10.4. The van der Waals surface area contributed by atoms with E-state index >= 15 is 0 Å². The number of hydrogen-bond acceptors (Lipinski definition) is 1. The van der Waals surface area contributed by atoms with Crippen molar-refractivity contribution in [3.05, 3.63) is 24.3 Å². The van der Waals surface area contributed by atoms with Gasteiger partial charge < -0.3 is 4.74 Å². The van der Waals surface area contributed by atoms with Crippen LogP contribution < -0.4 is 0 Å². The first-order chi connectivity index (χ1) is 4.95. The van der Waals surface area contributed by atoms with Crippen LogP contribution >= 0.6 is 0 Å². The highest BCUT2D eigenvalue weighted by Gasteiger charge is 2.08. The van der Waals surface area contributed by atoms with E-state index in [1.54, 1.807) is 0 Å². The Morgan fingerprint density at radius 2 is 1.27 bits per heavy atom. The maximum atomic E-state index is 5.57. The van der Waals surface area contributed by atoms with Gasteiger partial charge in [-0.15, -0.1) is 0 Å². The Labute approximate surface area is 69.8 Å². The van der Waals surface area contributed by atoms with Gasteiger partial charge in [0.05, 0.1) is 12.2 Å². The Bertz CT molecular complexity index is 140. The summed E-state index contributed by atoms with van der Waals surface area (Å²) in [6.45, 7) is 15.6. The minimum Gasteiger partial charge on any atom is -0.367 e. The molecule has 0 spiro atoms. The monoisotopic (exact) mass is 154 g/mol. The van der Waals surface area contributed by atoms with Crippen molar-refractivity contribution in [2.45, 2.75) is 39.9 Å². The Morgan fingerprint density at radius 3 is 1.45 bits per heavy atom. The first-order valence-electron chi connectivity index (χ1n) is 3.91. The van der Waals surface area contributed by atoms with Gasteiger partial charge in [-0.3, -0.25) is 0 Å². The molecule has 0 radical (unpaired) electrons. The Kier molecular flexibility index (Phi) is 4.12. The largest absolute Gasteiger partial charge is 0.367 e. The summed E-state index contributed by atoms with van der Waals surface area (Å²) >= 11 is 0. The van der Waals surface area contributed by atoms with E-state index in [1.807, 2.05) is 27.7 Å². The van der Waals surface area contributed by atoms with Gasteiger partial charge >= 0.3 is 0 Å². The van der Waals surface area contributed by atoms with E-state index in [4.69, 9.17) is 4.74 Å². The molecule has 1 nitrogen and oxygen atoms in total. The van der Waals surface area contributed by atoms with Crippen molar-refractivity contribution >= 4 is 0 Å². The molecular formula is C10H18O. The highest BCUT2D eigenvalue weighted by atomic mass is 16.5. The molecule has 2 unspecified atom stereocenters. The molecule has 0 aliphatic heterocycles. The third-order valence-electron chi connectivity index (χ3n) is 1.80. The fourth-order valence-electron chi connectivity index (χ4n) is 0.538. The summed E-state index contributed by atoms with van der Waals surface area (Å²) in [7, 11) is 0. The normalized spacial score (nSPS) is 15.6. The average molecular weight is 154 g/mol. The smallest absolute Gasteiger partial charge is 0.0759 e. The lowest BCUT2D eigenvalue weighted by Gasteiger charge is -2.19. The second-order valence-electron chi connectivity index (χ2n) is 3.11. The molecule has 11 heavy (non-hydrogen) atoms. The molecule has 0 aromatic carbocycles. The molecule has 0 bridgehead atoms. The maximum Gasteiger partial charge on any atom is 0.0759 e. The molecule has 0 aromatic heterocycles. The van der Waals surface area contributed by atoms with E-state index in [0.29, 0.717) is 0 Å². The zero-order valence-electron chi connectivity index (χ0n) is 7.98. The SMILES string of the molecule is C=C(C)C(C)OC(C)C(=C)C. The molecular weight excluding hydrogens is 136 g/mol. The van der Waals surface area contributed by atoms with Crippen molar-refractivity contribution in [2.24, 2.45) is 0 Å². The maximum absolute atomic E-state index is 5.57. The fraction of sp³-hybridized carbons (Fsp3) is 0.600. The lowest BCUT2D eigenvalue weighted by atomic mass is 10.2. The lowest BCUT2D eigenvalue weighted by Crippen LogP contribution is -2.18. The van der Waals surface area contributed by atoms with Crippen LogP contribution in [0.2, 0.25) is 0 Å². The van der Waals surface area contributed by atoms with Crippen molar-refractivity contribution in [3.8, 4) is 0 Å². The van der Waals surface area contributed by atoms with Gasteiger partial charge in [0, 0.05) is 0 Å². The molecule has 0 heterocycles. The molecule has 0 aliphatic rings. The summed E-state index contributed by atoms with van der Waals surface area (Å²) in [6.07, 6.45) is 0.253. The zero-order valence-corrected chi connectivity index (χ0v) is 7.98. The van der Waals surface area contributed by atoms with Crippen LogP contribution in [-0.4, -0.2) is 12.2 Å². The molecule has 64 valence electrons. The fourth-order valence-corrected chi connectivity index (χ4v) is 0.538. The summed E-state index contributed by atoms with van der Waals surface area (Å²) in [5.41, 5.74) is 2.11. The van der Waals surface area contributed by atoms with Crippen molar-refractivity contribution < 1.29 is 4.74 Å². The third kappa shape index (κ3) is 3.99. The summed E-state index contributed by atoms with van der Waals surface area (Å²) in [6, 6.07) is 0. The summed E-state index contributed by atoms with van der Waals surface area (Å²) < 4.78 is 5.57. The number of rotatable bonds is 4. The van der Waals surface area contributed by atoms with E-state index in [0.717, 1.165) is 11.1 Å². The molecule has 2 atom stereocenters. The van der Waals surface area contributed by atoms with Crippen LogP contribution in [0.5, 0.6) is 0 Å². The van der Waals surface area contributed by atoms with Crippen molar-refractivity contribution in [1.29, 1.82) is 0 Å². The average Bonchev–Trinajstić information content (AvgIpc) is 1.87. The van der Waals surface area contributed by atoms with Crippen molar-refractivity contribution in [3.63, 3.8) is 0 Å². The van der Waals surface area contributed by atoms with Gasteiger partial charge in [0.25, 0.3) is 0 Å². The Morgan fingerprint density at radius 1 is 1.00 bits per heavy atom. The van der Waals surface area contributed by atoms with Gasteiger partial charge in [-0.05, 0) is 27.7 Å². The van der Waals surface area contributed by atoms with Crippen molar-refractivity contribution in [1.82, 2.24) is 0 Å². The topological polar surface area (TPSA) is 9.23 Å². The number of hydrogen-bond donors (Lipinski definition) is 0. The summed E-state index contributed by atoms with van der Waals surface area (Å²) in [5.74, 6) is 0. The minimum absolute atomic E-state index is 0.127. The van der Waals surface area contributed by atoms with Gasteiger partial charge in [-0.1, -0.05) is 24.3 Å². The minimum atomic E-state index is 0.127. The van der Waals surface area contributed by atoms with E-state index in [2.05, 4.69) is 13.2 Å². The van der Waals surface area contributed by atoms with Gasteiger partial charge in [0.2, 0.25) is 0 Å². The lowest BCUT2D eigenvalue weighted by molar-refractivity contribution is 0.0501. The van der Waals surface area contributed by atoms with Crippen LogP contribution in [0.1, 0.15) is 27.7 Å². The van der Waals surface area contributed by atoms with Gasteiger partial charge in [0.15, 0.2) is 0 Å². The van der Waals surface area contributed by atoms with Gasteiger partial charge in [0.1, 0.15) is 0 Å². The van der Waals surface area contributed by atoms with Crippen LogP contribution in [0.15, 0.2) is 24.3 Å². The molecule has 0 amide bonds. The van der Waals surface area contributed by atoms with Crippen molar-refractivity contribution in [2.75, 3.05) is 0 Å². The van der Waals surface area contributed by atoms with E-state index in [1.165, 1.54) is 0 Å². The molecule has 0 rings (SSSR count). The molecule has 1 heteroatoms. The quantitative estimate of drug-likeness (QED) is 0.566. The Balaban J connectivity index is 3.84. The number of ether oxygens (including phenoxy) is 1.